The molecule has 2 rings (SSSR count). The molecule has 144 valence electrons. The molecular formula is C20H23FN2O4. The lowest BCUT2D eigenvalue weighted by Gasteiger charge is -2.14. The molecule has 1 aromatic heterocycles. The van der Waals surface area contributed by atoms with E-state index in [1.54, 1.807) is 31.3 Å². The number of aliphatic hydroxyl groups excluding tert-OH is 1. The van der Waals surface area contributed by atoms with E-state index in [1.807, 2.05) is 6.92 Å². The molecule has 0 fully saturated rings. The van der Waals surface area contributed by atoms with Gasteiger partial charge in [-0.1, -0.05) is 13.8 Å². The molecule has 0 unspecified atom stereocenters. The summed E-state index contributed by atoms with van der Waals surface area (Å²) in [6.07, 6.45) is 4.05. The summed E-state index contributed by atoms with van der Waals surface area (Å²) < 4.78 is 25.2. The van der Waals surface area contributed by atoms with Gasteiger partial charge < -0.3 is 19.9 Å². The first-order valence-electron chi connectivity index (χ1n) is 8.62. The van der Waals surface area contributed by atoms with Crippen molar-refractivity contribution in [2.75, 3.05) is 19.0 Å². The lowest BCUT2D eigenvalue weighted by molar-refractivity contribution is -0.115. The molecule has 0 radical (unpaired) electrons. The number of methoxy groups -OCH3 is 1. The number of ether oxygens (including phenoxy) is 2. The number of amides is 1. The van der Waals surface area contributed by atoms with E-state index in [0.717, 1.165) is 5.56 Å². The highest BCUT2D eigenvalue weighted by Crippen LogP contribution is 2.31. The van der Waals surface area contributed by atoms with E-state index in [-0.39, 0.29) is 18.3 Å². The number of pyridine rings is 1. The fourth-order valence-electron chi connectivity index (χ4n) is 2.42. The van der Waals surface area contributed by atoms with Crippen LogP contribution in [0.2, 0.25) is 0 Å². The van der Waals surface area contributed by atoms with Crippen molar-refractivity contribution in [1.82, 2.24) is 4.98 Å². The number of nitrogens with zero attached hydrogens (tertiary/aromatic N) is 1. The molecule has 0 aliphatic carbocycles. The molecule has 0 aliphatic rings. The van der Waals surface area contributed by atoms with Gasteiger partial charge in [-0.25, -0.2) is 4.39 Å². The Kier molecular flexibility index (Phi) is 7.31. The quantitative estimate of drug-likeness (QED) is 0.685. The number of anilines is 1. The van der Waals surface area contributed by atoms with Crippen molar-refractivity contribution in [2.24, 2.45) is 0 Å². The van der Waals surface area contributed by atoms with Crippen molar-refractivity contribution in [3.63, 3.8) is 0 Å². The summed E-state index contributed by atoms with van der Waals surface area (Å²) in [5.41, 5.74) is 1.70. The Labute approximate surface area is 157 Å². The minimum atomic E-state index is -0.590. The average molecular weight is 374 g/mol. The van der Waals surface area contributed by atoms with E-state index in [1.165, 1.54) is 19.2 Å². The van der Waals surface area contributed by atoms with Crippen LogP contribution in [0.3, 0.4) is 0 Å². The minimum Gasteiger partial charge on any atom is -0.499 e. The van der Waals surface area contributed by atoms with Gasteiger partial charge in [0.2, 0.25) is 5.91 Å². The minimum absolute atomic E-state index is 0.0365. The number of hydrogen-bond donors (Lipinski definition) is 2. The van der Waals surface area contributed by atoms with Gasteiger partial charge in [-0.05, 0) is 24.6 Å². The van der Waals surface area contributed by atoms with E-state index >= 15 is 0 Å². The van der Waals surface area contributed by atoms with Crippen molar-refractivity contribution in [1.29, 1.82) is 0 Å². The molecule has 0 atom stereocenters. The van der Waals surface area contributed by atoms with E-state index in [0.29, 0.717) is 35.7 Å². The molecule has 0 spiro atoms. The van der Waals surface area contributed by atoms with E-state index in [4.69, 9.17) is 9.47 Å². The number of aromatic nitrogens is 1. The predicted molar refractivity (Wildman–Crippen MR) is 101 cm³/mol. The Balaban J connectivity index is 2.32. The number of rotatable bonds is 8. The number of nitrogens with one attached hydrogen (secondary N) is 1. The van der Waals surface area contributed by atoms with Crippen molar-refractivity contribution < 1.29 is 23.8 Å². The number of halogens is 1. The van der Waals surface area contributed by atoms with Gasteiger partial charge in [-0.3, -0.25) is 9.78 Å². The van der Waals surface area contributed by atoms with Gasteiger partial charge in [0.25, 0.3) is 0 Å². The number of carbonyl (C=O) groups excluding carboxylic acids is 1. The van der Waals surface area contributed by atoms with Gasteiger partial charge in [0.05, 0.1) is 12.8 Å². The van der Waals surface area contributed by atoms with Crippen LogP contribution in [0.1, 0.15) is 31.5 Å². The first-order valence-corrected chi connectivity index (χ1v) is 8.62. The highest BCUT2D eigenvalue weighted by Gasteiger charge is 2.13. The second-order valence-electron chi connectivity index (χ2n) is 5.65. The number of carbonyl (C=O) groups is 1. The fraction of sp³-hybridized carbons (Fsp3) is 0.300. The summed E-state index contributed by atoms with van der Waals surface area (Å²) >= 11 is 0. The summed E-state index contributed by atoms with van der Waals surface area (Å²) in [6.45, 7) is 3.38. The number of hydrogen-bond acceptors (Lipinski definition) is 5. The smallest absolute Gasteiger partial charge is 0.224 e. The molecule has 6 nitrogen and oxygen atoms in total. The summed E-state index contributed by atoms with van der Waals surface area (Å²) in [7, 11) is 1.46. The fourth-order valence-corrected chi connectivity index (χ4v) is 2.42. The SMILES string of the molecule is CCC(=O)Nc1ccc(Oc2ccnc(/C=C(\CO)OC)c2CC)c(F)c1. The van der Waals surface area contributed by atoms with Gasteiger partial charge in [0, 0.05) is 36.0 Å². The van der Waals surface area contributed by atoms with Crippen LogP contribution in [-0.4, -0.2) is 29.7 Å². The standard InChI is InChI=1S/C20H23FN2O4/c1-4-15-17(11-14(12-24)26-3)22-9-8-18(15)27-19-7-6-13(10-16(19)21)23-20(25)5-2/h6-11,24H,4-5,12H2,1-3H3,(H,23,25)/b14-11+. The van der Waals surface area contributed by atoms with Crippen LogP contribution in [0.4, 0.5) is 10.1 Å². The van der Waals surface area contributed by atoms with Crippen molar-refractivity contribution >= 4 is 17.7 Å². The van der Waals surface area contributed by atoms with E-state index in [2.05, 4.69) is 10.3 Å². The molecule has 0 saturated carbocycles. The Bertz CT molecular complexity index is 831. The molecule has 1 heterocycles. The number of aliphatic hydroxyl groups is 1. The van der Waals surface area contributed by atoms with Gasteiger partial charge in [-0.15, -0.1) is 0 Å². The highest BCUT2D eigenvalue weighted by atomic mass is 19.1. The zero-order valence-corrected chi connectivity index (χ0v) is 15.6. The molecule has 0 aliphatic heterocycles. The van der Waals surface area contributed by atoms with Crippen LogP contribution in [0.5, 0.6) is 11.5 Å². The lowest BCUT2D eigenvalue weighted by atomic mass is 10.1. The molecule has 0 saturated heterocycles. The van der Waals surface area contributed by atoms with Crippen LogP contribution in [0.15, 0.2) is 36.2 Å². The summed E-state index contributed by atoms with van der Waals surface area (Å²) in [4.78, 5) is 15.7. The van der Waals surface area contributed by atoms with Gasteiger partial charge in [0.15, 0.2) is 11.6 Å². The normalized spacial score (nSPS) is 11.2. The van der Waals surface area contributed by atoms with Crippen LogP contribution >= 0.6 is 0 Å². The summed E-state index contributed by atoms with van der Waals surface area (Å²) in [5, 5.41) is 11.9. The van der Waals surface area contributed by atoms with Crippen LogP contribution in [-0.2, 0) is 16.0 Å². The van der Waals surface area contributed by atoms with E-state index in [9.17, 15) is 14.3 Å². The second kappa shape index (κ2) is 9.68. The second-order valence-corrected chi connectivity index (χ2v) is 5.65. The Hall–Kier alpha value is -2.93. The lowest BCUT2D eigenvalue weighted by Crippen LogP contribution is -2.09. The molecule has 27 heavy (non-hydrogen) atoms. The molecule has 2 N–H and O–H groups in total. The molecule has 2 aromatic rings. The van der Waals surface area contributed by atoms with Crippen molar-refractivity contribution in [3.8, 4) is 11.5 Å². The van der Waals surface area contributed by atoms with Crippen LogP contribution in [0.25, 0.3) is 6.08 Å². The average Bonchev–Trinajstić information content (AvgIpc) is 2.68. The van der Waals surface area contributed by atoms with Gasteiger partial charge >= 0.3 is 0 Å². The third kappa shape index (κ3) is 5.27. The monoisotopic (exact) mass is 374 g/mol. The van der Waals surface area contributed by atoms with Gasteiger partial charge in [-0.2, -0.15) is 0 Å². The largest absolute Gasteiger partial charge is 0.499 e. The first-order chi connectivity index (χ1) is 13.0. The predicted octanol–water partition coefficient (Wildman–Crippen LogP) is 3.90. The van der Waals surface area contributed by atoms with Crippen LogP contribution in [0, 0.1) is 5.82 Å². The zero-order chi connectivity index (χ0) is 19.8. The first kappa shape index (κ1) is 20.4. The van der Waals surface area contributed by atoms with Crippen molar-refractivity contribution in [2.45, 2.75) is 26.7 Å². The highest BCUT2D eigenvalue weighted by molar-refractivity contribution is 5.90. The molecule has 0 bridgehead atoms. The molecular weight excluding hydrogens is 351 g/mol. The van der Waals surface area contributed by atoms with Gasteiger partial charge in [0.1, 0.15) is 18.1 Å². The Morgan fingerprint density at radius 3 is 2.67 bits per heavy atom. The van der Waals surface area contributed by atoms with Crippen LogP contribution < -0.4 is 10.1 Å². The zero-order valence-electron chi connectivity index (χ0n) is 15.6. The summed E-state index contributed by atoms with van der Waals surface area (Å²) in [6, 6.07) is 5.90. The summed E-state index contributed by atoms with van der Waals surface area (Å²) in [5.74, 6) is 0.0647. The van der Waals surface area contributed by atoms with E-state index < -0.39 is 5.82 Å². The molecule has 7 heteroatoms. The molecule has 1 aromatic carbocycles. The maximum atomic E-state index is 14.4. The Morgan fingerprint density at radius 2 is 2.07 bits per heavy atom. The third-order valence-corrected chi connectivity index (χ3v) is 3.87. The van der Waals surface area contributed by atoms with Crippen molar-refractivity contribution in [3.05, 3.63) is 53.3 Å². The Morgan fingerprint density at radius 1 is 1.30 bits per heavy atom. The maximum Gasteiger partial charge on any atom is 0.224 e. The number of benzene rings is 1. The third-order valence-electron chi connectivity index (χ3n) is 3.87. The molecule has 1 amide bonds. The topological polar surface area (TPSA) is 80.7 Å². The maximum absolute atomic E-state index is 14.4.